The van der Waals surface area contributed by atoms with Crippen molar-refractivity contribution in [3.05, 3.63) is 285 Å². The van der Waals surface area contributed by atoms with Crippen LogP contribution in [0.2, 0.25) is 0 Å². The summed E-state index contributed by atoms with van der Waals surface area (Å²) in [4.78, 5) is 15.2. The molecule has 2 aliphatic heterocycles. The number of hydrogen-bond acceptors (Lipinski definition) is 5. The molecule has 72 heavy (non-hydrogen) atoms. The minimum atomic E-state index is -0.142. The average Bonchev–Trinajstić information content (AvgIpc) is 4.00. The molecule has 10 aromatic carbocycles. The summed E-state index contributed by atoms with van der Waals surface area (Å²) < 4.78 is 0. The van der Waals surface area contributed by atoms with E-state index in [0.29, 0.717) is 0 Å². The van der Waals surface area contributed by atoms with Crippen LogP contribution in [-0.2, 0) is 0 Å². The van der Waals surface area contributed by atoms with Gasteiger partial charge in [-0.3, -0.25) is 0 Å². The van der Waals surface area contributed by atoms with E-state index in [-0.39, 0.29) is 14.0 Å². The molecule has 1 aromatic heterocycles. The highest BCUT2D eigenvalue weighted by Crippen LogP contribution is 2.48. The molecule has 13 rings (SSSR count). The van der Waals surface area contributed by atoms with Gasteiger partial charge in [0.25, 0.3) is 0 Å². The van der Waals surface area contributed by atoms with E-state index < -0.39 is 0 Å². The van der Waals surface area contributed by atoms with Crippen LogP contribution in [0.4, 0.5) is 45.5 Å². The molecule has 0 aliphatic carbocycles. The average molecular weight is 920 g/mol. The maximum Gasteiger partial charge on any atom is 0.420 e. The van der Waals surface area contributed by atoms with Crippen molar-refractivity contribution in [3.63, 3.8) is 0 Å². The number of fused-ring (bicyclic) bond motifs is 2. The third kappa shape index (κ3) is 7.78. The lowest BCUT2D eigenvalue weighted by atomic mass is 9.64. The second-order valence-electron chi connectivity index (χ2n) is 18.4. The van der Waals surface area contributed by atoms with Crippen LogP contribution in [0.1, 0.15) is 0 Å². The van der Waals surface area contributed by atoms with Crippen LogP contribution in [0.15, 0.2) is 285 Å². The Kier molecular flexibility index (Phi) is 11.0. The standard InChI is InChI=1S/C65H47B2N5/c1-5-20-48(21-6-1)52-24-17-30-58(46-52)71-64-36-15-13-34-62(64)69(56-26-9-3-10-27-56)66(71)54-42-38-50(39-43-54)60-32-19-33-61(68-60)51-40-44-55(45-41-51)67-70(57-28-11-4-12-29-57)63-35-14-16-37-65(63)72(67)59-31-18-25-53(47-59)49-22-7-2-8-23-49/h1-47H. The molecule has 0 atom stereocenters. The van der Waals surface area contributed by atoms with Gasteiger partial charge >= 0.3 is 14.0 Å². The maximum absolute atomic E-state index is 5.32. The molecule has 7 heteroatoms. The van der Waals surface area contributed by atoms with Crippen molar-refractivity contribution in [1.29, 1.82) is 0 Å². The Morgan fingerprint density at radius 2 is 0.514 bits per heavy atom. The van der Waals surface area contributed by atoms with Crippen molar-refractivity contribution in [2.45, 2.75) is 0 Å². The number of rotatable bonds is 10. The van der Waals surface area contributed by atoms with Gasteiger partial charge in [0.1, 0.15) is 0 Å². The van der Waals surface area contributed by atoms with Gasteiger partial charge in [0.15, 0.2) is 0 Å². The monoisotopic (exact) mass is 919 g/mol. The Hall–Kier alpha value is -9.32. The largest absolute Gasteiger partial charge is 0.420 e. The molecule has 0 radical (unpaired) electrons. The van der Waals surface area contributed by atoms with Crippen molar-refractivity contribution < 1.29 is 0 Å². The molecule has 3 heterocycles. The molecule has 0 saturated carbocycles. The summed E-state index contributed by atoms with van der Waals surface area (Å²) in [6.45, 7) is -0.284. The first-order chi connectivity index (χ1) is 35.7. The Morgan fingerprint density at radius 3 is 0.889 bits per heavy atom. The van der Waals surface area contributed by atoms with E-state index in [9.17, 15) is 0 Å². The van der Waals surface area contributed by atoms with Crippen LogP contribution < -0.4 is 30.2 Å². The number of hydrogen-bond donors (Lipinski definition) is 0. The second kappa shape index (κ2) is 18.5. The molecule has 0 fully saturated rings. The highest BCUT2D eigenvalue weighted by molar-refractivity contribution is 6.85. The van der Waals surface area contributed by atoms with Crippen molar-refractivity contribution in [1.82, 2.24) is 4.98 Å². The lowest BCUT2D eigenvalue weighted by Gasteiger charge is -2.30. The molecule has 338 valence electrons. The Morgan fingerprint density at radius 1 is 0.222 bits per heavy atom. The maximum atomic E-state index is 5.32. The Labute approximate surface area is 422 Å². The minimum Gasteiger partial charge on any atom is -0.360 e. The van der Waals surface area contributed by atoms with Gasteiger partial charge < -0.3 is 19.2 Å². The lowest BCUT2D eigenvalue weighted by molar-refractivity contribution is 1.32. The number of aromatic nitrogens is 1. The van der Waals surface area contributed by atoms with E-state index in [1.165, 1.54) is 44.6 Å². The molecule has 11 aromatic rings. The normalized spacial score (nSPS) is 12.8. The SMILES string of the molecule is c1ccc(-c2cccc(N3B(c4ccc(-c5cccc(-c6ccc(B7N(c8ccccc8)c8ccccc8N7c7cccc(-c8ccccc8)c7)cc6)n5)cc4)N(c4ccccc4)c4ccccc43)c2)cc1. The van der Waals surface area contributed by atoms with E-state index >= 15 is 0 Å². The molecule has 0 unspecified atom stereocenters. The van der Waals surface area contributed by atoms with E-state index in [4.69, 9.17) is 4.98 Å². The van der Waals surface area contributed by atoms with Crippen molar-refractivity contribution in [2.75, 3.05) is 19.2 Å². The molecule has 5 nitrogen and oxygen atoms in total. The molecular formula is C65H47B2N5. The van der Waals surface area contributed by atoms with Crippen LogP contribution in [0.25, 0.3) is 44.8 Å². The van der Waals surface area contributed by atoms with Gasteiger partial charge in [-0.15, -0.1) is 0 Å². The summed E-state index contributed by atoms with van der Waals surface area (Å²) in [5, 5.41) is 0. The predicted molar refractivity (Wildman–Crippen MR) is 304 cm³/mol. The van der Waals surface area contributed by atoms with Crippen LogP contribution in [0, 0.1) is 0 Å². The lowest BCUT2D eigenvalue weighted by Crippen LogP contribution is -2.53. The summed E-state index contributed by atoms with van der Waals surface area (Å²) in [5.41, 5.74) is 20.3. The highest BCUT2D eigenvalue weighted by Gasteiger charge is 2.45. The molecular weight excluding hydrogens is 872 g/mol. The first-order valence-electron chi connectivity index (χ1n) is 24.7. The van der Waals surface area contributed by atoms with Crippen LogP contribution in [0.3, 0.4) is 0 Å². The summed E-state index contributed by atoms with van der Waals surface area (Å²) >= 11 is 0. The van der Waals surface area contributed by atoms with Gasteiger partial charge in [-0.2, -0.15) is 0 Å². The number of nitrogens with zero attached hydrogens (tertiary/aromatic N) is 5. The van der Waals surface area contributed by atoms with Crippen molar-refractivity contribution >= 4 is 70.4 Å². The fourth-order valence-corrected chi connectivity index (χ4v) is 10.7. The summed E-state index contributed by atoms with van der Waals surface area (Å²) in [6, 6.07) is 102. The Bertz CT molecular complexity index is 3430. The molecule has 0 saturated heterocycles. The van der Waals surface area contributed by atoms with Crippen molar-refractivity contribution in [3.8, 4) is 44.8 Å². The zero-order valence-electron chi connectivity index (χ0n) is 39.5. The van der Waals surface area contributed by atoms with Gasteiger partial charge in [0.2, 0.25) is 0 Å². The smallest absolute Gasteiger partial charge is 0.360 e. The number of anilines is 8. The zero-order chi connectivity index (χ0) is 47.8. The van der Waals surface area contributed by atoms with E-state index in [1.54, 1.807) is 0 Å². The van der Waals surface area contributed by atoms with Gasteiger partial charge in [-0.05, 0) is 118 Å². The summed E-state index contributed by atoms with van der Waals surface area (Å²) in [7, 11) is 0. The number of benzene rings is 10. The fraction of sp³-hybridized carbons (Fsp3) is 0. The molecule has 0 N–H and O–H groups in total. The predicted octanol–water partition coefficient (Wildman–Crippen LogP) is 15.1. The van der Waals surface area contributed by atoms with Crippen LogP contribution >= 0.6 is 0 Å². The molecule has 0 spiro atoms. The number of para-hydroxylation sites is 6. The van der Waals surface area contributed by atoms with Gasteiger partial charge in [-0.1, -0.05) is 200 Å². The van der Waals surface area contributed by atoms with E-state index in [2.05, 4.69) is 304 Å². The van der Waals surface area contributed by atoms with Crippen LogP contribution in [-0.4, -0.2) is 18.9 Å². The highest BCUT2D eigenvalue weighted by atomic mass is 15.3. The van der Waals surface area contributed by atoms with Crippen LogP contribution in [0.5, 0.6) is 0 Å². The molecule has 0 amide bonds. The van der Waals surface area contributed by atoms with E-state index in [1.807, 2.05) is 0 Å². The third-order valence-corrected chi connectivity index (χ3v) is 14.1. The molecule has 0 bridgehead atoms. The quantitative estimate of drug-likeness (QED) is 0.127. The summed E-state index contributed by atoms with van der Waals surface area (Å²) in [5.74, 6) is 0. The first kappa shape index (κ1) is 42.8. The second-order valence-corrected chi connectivity index (χ2v) is 18.4. The third-order valence-electron chi connectivity index (χ3n) is 14.1. The van der Waals surface area contributed by atoms with Gasteiger partial charge in [0.05, 0.1) is 34.1 Å². The van der Waals surface area contributed by atoms with Crippen molar-refractivity contribution in [2.24, 2.45) is 0 Å². The Balaban J connectivity index is 0.840. The van der Waals surface area contributed by atoms with Gasteiger partial charge in [-0.25, -0.2) is 4.98 Å². The van der Waals surface area contributed by atoms with Gasteiger partial charge in [0, 0.05) is 33.9 Å². The topological polar surface area (TPSA) is 25.9 Å². The zero-order valence-corrected chi connectivity index (χ0v) is 39.5. The molecule has 2 aliphatic rings. The van der Waals surface area contributed by atoms with E-state index in [0.717, 1.165) is 56.6 Å². The summed E-state index contributed by atoms with van der Waals surface area (Å²) in [6.07, 6.45) is 0. The number of pyridine rings is 1. The first-order valence-corrected chi connectivity index (χ1v) is 24.7. The minimum absolute atomic E-state index is 0.142. The fourth-order valence-electron chi connectivity index (χ4n) is 10.7.